The first-order valence-electron chi connectivity index (χ1n) is 8.58. The molecule has 8 heteroatoms. The summed E-state index contributed by atoms with van der Waals surface area (Å²) in [6, 6.07) is 10.4. The highest BCUT2D eigenvalue weighted by Gasteiger charge is 2.18. The van der Waals surface area contributed by atoms with Gasteiger partial charge in [0.25, 0.3) is 0 Å². The van der Waals surface area contributed by atoms with E-state index in [1.54, 1.807) is 26.4 Å². The van der Waals surface area contributed by atoms with Gasteiger partial charge in [0.2, 0.25) is 5.75 Å². The van der Waals surface area contributed by atoms with Crippen molar-refractivity contribution in [2.75, 3.05) is 47.4 Å². The molecule has 1 unspecified atom stereocenters. The van der Waals surface area contributed by atoms with E-state index < -0.39 is 6.03 Å². The van der Waals surface area contributed by atoms with E-state index in [0.29, 0.717) is 28.7 Å². The third-order valence-corrected chi connectivity index (χ3v) is 4.14. The number of carbonyl (C=O) groups excluding carboxylic acids is 1. The number of rotatable bonds is 9. The number of ether oxygens (including phenoxy) is 5. The number of hydrogen-bond acceptors (Lipinski definition) is 6. The molecular weight excluding hydrogens is 364 g/mol. The second-order valence-corrected chi connectivity index (χ2v) is 5.72. The molecule has 152 valence electrons. The molecule has 0 aliphatic rings. The van der Waals surface area contributed by atoms with E-state index in [1.807, 2.05) is 24.3 Å². The smallest absolute Gasteiger partial charge is 0.319 e. The normalized spacial score (nSPS) is 11.3. The quantitative estimate of drug-likeness (QED) is 0.684. The monoisotopic (exact) mass is 390 g/mol. The summed E-state index contributed by atoms with van der Waals surface area (Å²) in [6.07, 6.45) is -0.359. The highest BCUT2D eigenvalue weighted by molar-refractivity contribution is 5.90. The minimum absolute atomic E-state index is 0.257. The number of benzene rings is 2. The number of para-hydroxylation sites is 1. The Morgan fingerprint density at radius 3 is 2.04 bits per heavy atom. The zero-order valence-electron chi connectivity index (χ0n) is 16.7. The van der Waals surface area contributed by atoms with Crippen molar-refractivity contribution in [2.24, 2.45) is 0 Å². The molecule has 1 atom stereocenters. The maximum Gasteiger partial charge on any atom is 0.319 e. The first-order chi connectivity index (χ1) is 13.6. The molecule has 0 fully saturated rings. The first kappa shape index (κ1) is 21.2. The number of hydrogen-bond donors (Lipinski definition) is 2. The van der Waals surface area contributed by atoms with E-state index in [2.05, 4.69) is 10.6 Å². The molecular formula is C20H26N2O6. The van der Waals surface area contributed by atoms with Gasteiger partial charge in [-0.05, 0) is 6.07 Å². The van der Waals surface area contributed by atoms with Crippen molar-refractivity contribution < 1.29 is 28.5 Å². The summed E-state index contributed by atoms with van der Waals surface area (Å²) in [5.41, 5.74) is 1.35. The van der Waals surface area contributed by atoms with Gasteiger partial charge < -0.3 is 34.3 Å². The minimum atomic E-state index is -0.397. The molecule has 0 saturated heterocycles. The zero-order chi connectivity index (χ0) is 20.5. The second kappa shape index (κ2) is 10.3. The molecule has 0 radical (unpaired) electrons. The van der Waals surface area contributed by atoms with Gasteiger partial charge in [-0.2, -0.15) is 0 Å². The molecule has 2 N–H and O–H groups in total. The second-order valence-electron chi connectivity index (χ2n) is 5.72. The Labute approximate surface area is 164 Å². The van der Waals surface area contributed by atoms with E-state index in [1.165, 1.54) is 21.3 Å². The maximum atomic E-state index is 12.4. The number of urea groups is 1. The molecule has 0 saturated carbocycles. The SMILES string of the molecule is COc1ccccc1C(CNC(=O)Nc1cc(OC)c(OC)c(OC)c1)OC. The van der Waals surface area contributed by atoms with E-state index >= 15 is 0 Å². The molecule has 2 aromatic rings. The molecule has 2 aromatic carbocycles. The van der Waals surface area contributed by atoms with Gasteiger partial charge in [0.15, 0.2) is 11.5 Å². The van der Waals surface area contributed by atoms with E-state index in [9.17, 15) is 4.79 Å². The van der Waals surface area contributed by atoms with Crippen molar-refractivity contribution in [1.82, 2.24) is 5.32 Å². The third kappa shape index (κ3) is 4.98. The van der Waals surface area contributed by atoms with Crippen molar-refractivity contribution in [3.63, 3.8) is 0 Å². The molecule has 0 aromatic heterocycles. The Kier molecular flexibility index (Phi) is 7.76. The van der Waals surface area contributed by atoms with Gasteiger partial charge in [0.1, 0.15) is 11.9 Å². The summed E-state index contributed by atoms with van der Waals surface area (Å²) >= 11 is 0. The Bertz CT molecular complexity index is 771. The average molecular weight is 390 g/mol. The van der Waals surface area contributed by atoms with Crippen LogP contribution in [0, 0.1) is 0 Å². The van der Waals surface area contributed by atoms with Gasteiger partial charge in [-0.1, -0.05) is 18.2 Å². The first-order valence-corrected chi connectivity index (χ1v) is 8.58. The van der Waals surface area contributed by atoms with Gasteiger partial charge in [-0.25, -0.2) is 4.79 Å². The maximum absolute atomic E-state index is 12.4. The van der Waals surface area contributed by atoms with Gasteiger partial charge >= 0.3 is 6.03 Å². The third-order valence-electron chi connectivity index (χ3n) is 4.14. The molecule has 8 nitrogen and oxygen atoms in total. The Balaban J connectivity index is 2.07. The Morgan fingerprint density at radius 2 is 1.50 bits per heavy atom. The molecule has 0 aliphatic carbocycles. The van der Waals surface area contributed by atoms with Crippen molar-refractivity contribution in [1.29, 1.82) is 0 Å². The highest BCUT2D eigenvalue weighted by Crippen LogP contribution is 2.39. The van der Waals surface area contributed by atoms with Crippen molar-refractivity contribution in [3.8, 4) is 23.0 Å². The molecule has 2 amide bonds. The number of amides is 2. The van der Waals surface area contributed by atoms with Crippen molar-refractivity contribution in [2.45, 2.75) is 6.10 Å². The van der Waals surface area contributed by atoms with E-state index in [4.69, 9.17) is 23.7 Å². The molecule has 2 rings (SSSR count). The lowest BCUT2D eigenvalue weighted by molar-refractivity contribution is 0.102. The van der Waals surface area contributed by atoms with Gasteiger partial charge in [-0.3, -0.25) is 0 Å². The fraction of sp³-hybridized carbons (Fsp3) is 0.350. The number of carbonyl (C=O) groups is 1. The largest absolute Gasteiger partial charge is 0.496 e. The molecule has 0 bridgehead atoms. The van der Waals surface area contributed by atoms with Crippen LogP contribution in [0.2, 0.25) is 0 Å². The predicted octanol–water partition coefficient (Wildman–Crippen LogP) is 3.23. The summed E-state index contributed by atoms with van der Waals surface area (Å²) in [6.45, 7) is 0.257. The lowest BCUT2D eigenvalue weighted by Gasteiger charge is -2.19. The van der Waals surface area contributed by atoms with Crippen LogP contribution in [0.4, 0.5) is 10.5 Å². The highest BCUT2D eigenvalue weighted by atomic mass is 16.5. The van der Waals surface area contributed by atoms with Gasteiger partial charge in [0, 0.05) is 31.4 Å². The summed E-state index contributed by atoms with van der Waals surface area (Å²) < 4.78 is 26.7. The molecule has 0 aliphatic heterocycles. The van der Waals surface area contributed by atoms with Crippen LogP contribution in [0.1, 0.15) is 11.7 Å². The lowest BCUT2D eigenvalue weighted by Crippen LogP contribution is -2.33. The molecule has 28 heavy (non-hydrogen) atoms. The van der Waals surface area contributed by atoms with Crippen LogP contribution in [0.15, 0.2) is 36.4 Å². The minimum Gasteiger partial charge on any atom is -0.496 e. The summed E-state index contributed by atoms with van der Waals surface area (Å²) in [5, 5.41) is 5.54. The van der Waals surface area contributed by atoms with Crippen LogP contribution in [0.25, 0.3) is 0 Å². The topological polar surface area (TPSA) is 87.3 Å². The average Bonchev–Trinajstić information content (AvgIpc) is 2.73. The number of methoxy groups -OCH3 is 5. The fourth-order valence-electron chi connectivity index (χ4n) is 2.77. The van der Waals surface area contributed by atoms with Gasteiger partial charge in [0.05, 0.1) is 34.1 Å². The van der Waals surface area contributed by atoms with Crippen molar-refractivity contribution in [3.05, 3.63) is 42.0 Å². The summed E-state index contributed by atoms with van der Waals surface area (Å²) in [7, 11) is 7.71. The lowest BCUT2D eigenvalue weighted by atomic mass is 10.1. The molecule has 0 spiro atoms. The van der Waals surface area contributed by atoms with Crippen molar-refractivity contribution >= 4 is 11.7 Å². The van der Waals surface area contributed by atoms with Crippen LogP contribution < -0.4 is 29.6 Å². The van der Waals surface area contributed by atoms with E-state index in [0.717, 1.165) is 5.56 Å². The van der Waals surface area contributed by atoms with Crippen LogP contribution >= 0.6 is 0 Å². The predicted molar refractivity (Wildman–Crippen MR) is 106 cm³/mol. The number of nitrogens with one attached hydrogen (secondary N) is 2. The van der Waals surface area contributed by atoms with Crippen LogP contribution in [-0.2, 0) is 4.74 Å². The van der Waals surface area contributed by atoms with Gasteiger partial charge in [-0.15, -0.1) is 0 Å². The summed E-state index contributed by atoms with van der Waals surface area (Å²) in [5.74, 6) is 2.04. The zero-order valence-corrected chi connectivity index (χ0v) is 16.7. The van der Waals surface area contributed by atoms with Crippen LogP contribution in [0.3, 0.4) is 0 Å². The number of anilines is 1. The Hall–Kier alpha value is -3.13. The Morgan fingerprint density at radius 1 is 0.893 bits per heavy atom. The van der Waals surface area contributed by atoms with Crippen LogP contribution in [0.5, 0.6) is 23.0 Å². The van der Waals surface area contributed by atoms with Crippen LogP contribution in [-0.4, -0.2) is 48.1 Å². The standard InChI is InChI=1S/C20H26N2O6/c1-24-15-9-7-6-8-14(15)18(27-4)12-21-20(23)22-13-10-16(25-2)19(28-5)17(11-13)26-3/h6-11,18H,12H2,1-5H3,(H2,21,22,23). The summed E-state index contributed by atoms with van der Waals surface area (Å²) in [4.78, 5) is 12.4. The molecule has 0 heterocycles. The fourth-order valence-corrected chi connectivity index (χ4v) is 2.77. The van der Waals surface area contributed by atoms with E-state index in [-0.39, 0.29) is 12.6 Å².